The summed E-state index contributed by atoms with van der Waals surface area (Å²) in [5.74, 6) is 2.53. The molecule has 0 aromatic heterocycles. The summed E-state index contributed by atoms with van der Waals surface area (Å²) in [6.45, 7) is -0.278. The average molecular weight is 108 g/mol. The number of carbonyl (C=O) groups is 1. The molecule has 0 aliphatic heterocycles. The van der Waals surface area contributed by atoms with Crippen molar-refractivity contribution in [2.24, 2.45) is 11.6 Å². The fourth-order valence-electron chi connectivity index (χ4n) is 0. The van der Waals surface area contributed by atoms with Gasteiger partial charge in [0, 0.05) is 0 Å². The highest BCUT2D eigenvalue weighted by Gasteiger charge is 1.81. The number of carboxylic acids is 1. The molecule has 0 amide bonds. The molecule has 0 bridgehead atoms. The molecule has 44 valence electrons. The Hall–Kier alpha value is -0.650. The topological polar surface area (TPSA) is 110 Å². The fraction of sp³-hybridized carbons (Fsp3) is 0.500. The third kappa shape index (κ3) is 32.9. The van der Waals surface area contributed by atoms with Crippen molar-refractivity contribution in [3.8, 4) is 0 Å². The Balaban J connectivity index is 0. The lowest BCUT2D eigenvalue weighted by Crippen LogP contribution is -2.10. The van der Waals surface area contributed by atoms with Crippen LogP contribution >= 0.6 is 0 Å². The van der Waals surface area contributed by atoms with E-state index in [0.29, 0.717) is 0 Å². The van der Waals surface area contributed by atoms with Gasteiger partial charge in [0.05, 0.1) is 6.54 Å². The van der Waals surface area contributed by atoms with Crippen molar-refractivity contribution in [2.45, 2.75) is 0 Å². The molecule has 0 radical (unpaired) electrons. The maximum Gasteiger partial charge on any atom is 0.317 e. The first-order valence-corrected chi connectivity index (χ1v) is 1.45. The summed E-state index contributed by atoms with van der Waals surface area (Å²) in [5.41, 5.74) is 4.57. The molecule has 0 saturated heterocycles. The Bertz CT molecular complexity index is 46.2. The second-order valence-corrected chi connectivity index (χ2v) is 0.598. The van der Waals surface area contributed by atoms with Crippen molar-refractivity contribution in [3.63, 3.8) is 0 Å². The highest BCUT2D eigenvalue weighted by Crippen LogP contribution is 1.43. The van der Waals surface area contributed by atoms with E-state index in [1.165, 1.54) is 0 Å². The highest BCUT2D eigenvalue weighted by atomic mass is 16.4. The van der Waals surface area contributed by atoms with Crippen molar-refractivity contribution in [1.29, 1.82) is 0 Å². The molecule has 0 unspecified atom stereocenters. The van der Waals surface area contributed by atoms with Crippen LogP contribution in [0.4, 0.5) is 0 Å². The highest BCUT2D eigenvalue weighted by molar-refractivity contribution is 5.68. The molecular formula is C2H8N2O3. The van der Waals surface area contributed by atoms with Gasteiger partial charge in [-0.1, -0.05) is 0 Å². The van der Waals surface area contributed by atoms with Crippen LogP contribution in [0.1, 0.15) is 0 Å². The van der Waals surface area contributed by atoms with E-state index in [1.807, 2.05) is 0 Å². The van der Waals surface area contributed by atoms with Crippen LogP contribution in [0.2, 0.25) is 0 Å². The molecule has 0 saturated carbocycles. The number of aliphatic carboxylic acids is 1. The SMILES string of the molecule is NCC(=O)O.NO. The standard InChI is InChI=1S/C2H5NO2.H3NO/c3-1-2(4)5;1-2/h1,3H2,(H,4,5);2H,1H2. The first kappa shape index (κ1) is 9.61. The molecule has 0 heterocycles. The predicted octanol–water partition coefficient (Wildman–Crippen LogP) is -1.64. The minimum atomic E-state index is -0.968. The lowest BCUT2D eigenvalue weighted by molar-refractivity contribution is -0.135. The number of hydrogen-bond acceptors (Lipinski definition) is 4. The Morgan fingerprint density at radius 2 is 1.71 bits per heavy atom. The summed E-state index contributed by atoms with van der Waals surface area (Å²) in [4.78, 5) is 9.24. The van der Waals surface area contributed by atoms with E-state index in [0.717, 1.165) is 0 Å². The van der Waals surface area contributed by atoms with Gasteiger partial charge in [-0.3, -0.25) is 4.79 Å². The van der Waals surface area contributed by atoms with Crippen molar-refractivity contribution < 1.29 is 15.1 Å². The summed E-state index contributed by atoms with van der Waals surface area (Å²) in [7, 11) is 0. The van der Waals surface area contributed by atoms with Gasteiger partial charge < -0.3 is 16.0 Å². The molecule has 0 fully saturated rings. The summed E-state index contributed by atoms with van der Waals surface area (Å²) < 4.78 is 0. The van der Waals surface area contributed by atoms with Gasteiger partial charge in [0.25, 0.3) is 0 Å². The predicted molar refractivity (Wildman–Crippen MR) is 22.7 cm³/mol. The van der Waals surface area contributed by atoms with Crippen LogP contribution in [-0.4, -0.2) is 22.8 Å². The van der Waals surface area contributed by atoms with Gasteiger partial charge in [0.2, 0.25) is 0 Å². The maximum atomic E-state index is 9.24. The third-order valence-electron chi connectivity index (χ3n) is 0.175. The van der Waals surface area contributed by atoms with E-state index >= 15 is 0 Å². The first-order chi connectivity index (χ1) is 3.27. The van der Waals surface area contributed by atoms with Crippen LogP contribution in [0.25, 0.3) is 0 Å². The molecule has 0 spiro atoms. The summed E-state index contributed by atoms with van der Waals surface area (Å²) in [6.07, 6.45) is 0. The minimum Gasteiger partial charge on any atom is -0.480 e. The summed E-state index contributed by atoms with van der Waals surface area (Å²) in [5, 5.41) is 14.1. The number of rotatable bonds is 1. The monoisotopic (exact) mass is 108 g/mol. The van der Waals surface area contributed by atoms with Crippen LogP contribution in [0.15, 0.2) is 0 Å². The smallest absolute Gasteiger partial charge is 0.317 e. The molecule has 5 nitrogen and oxygen atoms in total. The Kier molecular flexibility index (Phi) is 12.4. The molecule has 6 N–H and O–H groups in total. The van der Waals surface area contributed by atoms with Crippen LogP contribution in [0, 0.1) is 0 Å². The Morgan fingerprint density at radius 3 is 1.71 bits per heavy atom. The molecule has 0 aliphatic rings. The van der Waals surface area contributed by atoms with Gasteiger partial charge in [0.15, 0.2) is 0 Å². The average Bonchev–Trinajstić information content (AvgIpc) is 1.73. The van der Waals surface area contributed by atoms with E-state index in [4.69, 9.17) is 10.3 Å². The van der Waals surface area contributed by atoms with Crippen molar-refractivity contribution in [1.82, 2.24) is 0 Å². The summed E-state index contributed by atoms with van der Waals surface area (Å²) in [6, 6.07) is 0. The molecule has 0 aromatic carbocycles. The molecular weight excluding hydrogens is 100 g/mol. The second-order valence-electron chi connectivity index (χ2n) is 0.598. The van der Waals surface area contributed by atoms with Crippen LogP contribution in [0.5, 0.6) is 0 Å². The number of hydrogen-bond donors (Lipinski definition) is 4. The molecule has 0 atom stereocenters. The van der Waals surface area contributed by atoms with Crippen molar-refractivity contribution >= 4 is 5.97 Å². The van der Waals surface area contributed by atoms with Crippen molar-refractivity contribution in [2.75, 3.05) is 6.54 Å². The van der Waals surface area contributed by atoms with Crippen LogP contribution in [0.3, 0.4) is 0 Å². The third-order valence-corrected chi connectivity index (χ3v) is 0.175. The van der Waals surface area contributed by atoms with Gasteiger partial charge in [-0.05, 0) is 0 Å². The second kappa shape index (κ2) is 9.02. The number of carboxylic acid groups (broad SMARTS) is 1. The lowest BCUT2D eigenvalue weighted by Gasteiger charge is -1.73. The van der Waals surface area contributed by atoms with Crippen molar-refractivity contribution in [3.05, 3.63) is 0 Å². The number of nitrogens with two attached hydrogens (primary N) is 2. The van der Waals surface area contributed by atoms with Gasteiger partial charge in [-0.15, -0.1) is 0 Å². The van der Waals surface area contributed by atoms with E-state index < -0.39 is 5.97 Å². The zero-order chi connectivity index (χ0) is 6.28. The van der Waals surface area contributed by atoms with E-state index in [1.54, 1.807) is 0 Å². The van der Waals surface area contributed by atoms with E-state index in [9.17, 15) is 4.79 Å². The maximum absolute atomic E-state index is 9.24. The quantitative estimate of drug-likeness (QED) is 0.301. The molecule has 0 aliphatic carbocycles. The van der Waals surface area contributed by atoms with Gasteiger partial charge in [0.1, 0.15) is 0 Å². The van der Waals surface area contributed by atoms with Gasteiger partial charge in [-0.2, -0.15) is 0 Å². The Labute approximate surface area is 40.5 Å². The fourth-order valence-corrected chi connectivity index (χ4v) is 0. The largest absolute Gasteiger partial charge is 0.480 e. The molecule has 0 aromatic rings. The zero-order valence-corrected chi connectivity index (χ0v) is 3.66. The normalized spacial score (nSPS) is 6.14. The minimum absolute atomic E-state index is 0.278. The Morgan fingerprint density at radius 1 is 1.57 bits per heavy atom. The molecule has 0 rings (SSSR count). The summed E-state index contributed by atoms with van der Waals surface area (Å²) >= 11 is 0. The molecule has 7 heavy (non-hydrogen) atoms. The first-order valence-electron chi connectivity index (χ1n) is 1.45. The van der Waals surface area contributed by atoms with Crippen LogP contribution < -0.4 is 11.6 Å². The van der Waals surface area contributed by atoms with Crippen LogP contribution in [-0.2, 0) is 4.79 Å². The van der Waals surface area contributed by atoms with E-state index in [-0.39, 0.29) is 6.54 Å². The van der Waals surface area contributed by atoms with Gasteiger partial charge in [-0.25, -0.2) is 5.90 Å². The van der Waals surface area contributed by atoms with E-state index in [2.05, 4.69) is 11.6 Å². The molecule has 5 heteroatoms. The van der Waals surface area contributed by atoms with Gasteiger partial charge >= 0.3 is 5.97 Å². The zero-order valence-electron chi connectivity index (χ0n) is 3.66. The lowest BCUT2D eigenvalue weighted by atomic mass is 10.7.